The van der Waals surface area contributed by atoms with Gasteiger partial charge in [0.25, 0.3) is 11.8 Å². The van der Waals surface area contributed by atoms with Gasteiger partial charge >= 0.3 is 0 Å². The number of nitrogens with one attached hydrogen (secondary N) is 1. The second kappa shape index (κ2) is 10.0. The Balaban J connectivity index is 1.62. The number of carbonyl (C=O) groups is 2. The van der Waals surface area contributed by atoms with Crippen molar-refractivity contribution in [1.29, 1.82) is 0 Å². The molecule has 0 fully saturated rings. The lowest BCUT2D eigenvalue weighted by molar-refractivity contribution is 0.0996. The number of halogens is 3. The molecule has 2 aromatic carbocycles. The summed E-state index contributed by atoms with van der Waals surface area (Å²) in [5, 5.41) is 7.56. The van der Waals surface area contributed by atoms with Crippen LogP contribution in [0.1, 0.15) is 57.2 Å². The summed E-state index contributed by atoms with van der Waals surface area (Å²) >= 11 is 5.94. The molecule has 0 aliphatic heterocycles. The van der Waals surface area contributed by atoms with Crippen LogP contribution in [0.4, 0.5) is 14.5 Å². The number of rotatable bonds is 7. The lowest BCUT2D eigenvalue weighted by atomic mass is 10.1. The average Bonchev–Trinajstić information content (AvgIpc) is 3.12. The summed E-state index contributed by atoms with van der Waals surface area (Å²) in [4.78, 5) is 29.1. The van der Waals surface area contributed by atoms with Crippen LogP contribution in [-0.2, 0) is 6.42 Å². The number of anilines is 1. The highest BCUT2D eigenvalue weighted by atomic mass is 35.5. The minimum Gasteiger partial charge on any atom is -0.364 e. The SMILES string of the molecule is Cc1nn(C(C)CCc2ccc(F)cc2)c(C)c1NC(=O)c1cc(C(N)=O)nc2cc(F)c(Cl)cc12. The standard InChI is InChI=1S/C26H24ClF2N5O2/c1-13(4-5-16-6-8-17(28)9-7-16)34-15(3)24(14(2)33-34)32-26(36)19-11-23(25(30)35)31-22-12-21(29)20(27)10-18(19)22/h6-13H,4-5H2,1-3H3,(H2,30,35)(H,32,36). The topological polar surface area (TPSA) is 103 Å². The van der Waals surface area contributed by atoms with Crippen molar-refractivity contribution in [3.63, 3.8) is 0 Å². The number of aryl methyl sites for hydroxylation is 2. The quantitative estimate of drug-likeness (QED) is 0.341. The van der Waals surface area contributed by atoms with Crippen LogP contribution < -0.4 is 11.1 Å². The van der Waals surface area contributed by atoms with Gasteiger partial charge in [0, 0.05) is 17.5 Å². The Morgan fingerprint density at radius 3 is 2.50 bits per heavy atom. The van der Waals surface area contributed by atoms with E-state index in [1.807, 2.05) is 18.5 Å². The maximum Gasteiger partial charge on any atom is 0.267 e. The molecule has 3 N–H and O–H groups in total. The first-order chi connectivity index (χ1) is 17.0. The van der Waals surface area contributed by atoms with E-state index in [9.17, 15) is 18.4 Å². The van der Waals surface area contributed by atoms with Gasteiger partial charge in [-0.1, -0.05) is 23.7 Å². The molecule has 0 spiro atoms. The Bertz CT molecular complexity index is 1480. The number of aromatic nitrogens is 3. The molecule has 0 bridgehead atoms. The second-order valence-corrected chi connectivity index (χ2v) is 9.07. The van der Waals surface area contributed by atoms with E-state index < -0.39 is 17.6 Å². The number of benzene rings is 2. The van der Waals surface area contributed by atoms with E-state index in [-0.39, 0.29) is 39.0 Å². The molecule has 0 aliphatic carbocycles. The summed E-state index contributed by atoms with van der Waals surface area (Å²) in [6.45, 7) is 5.63. The molecule has 2 amide bonds. The molecule has 0 radical (unpaired) electrons. The van der Waals surface area contributed by atoms with Gasteiger partial charge in [0.05, 0.1) is 33.2 Å². The Kier molecular flexibility index (Phi) is 7.03. The molecule has 36 heavy (non-hydrogen) atoms. The van der Waals surface area contributed by atoms with Crippen LogP contribution in [0.3, 0.4) is 0 Å². The summed E-state index contributed by atoms with van der Waals surface area (Å²) in [6, 6.07) is 9.99. The summed E-state index contributed by atoms with van der Waals surface area (Å²) in [5.74, 6) is -2.40. The monoisotopic (exact) mass is 511 g/mol. The van der Waals surface area contributed by atoms with E-state index in [0.717, 1.165) is 30.2 Å². The molecule has 10 heteroatoms. The number of carbonyl (C=O) groups excluding carboxylic acids is 2. The zero-order chi connectivity index (χ0) is 26.1. The average molecular weight is 512 g/mol. The molecule has 4 rings (SSSR count). The summed E-state index contributed by atoms with van der Waals surface area (Å²) in [5.41, 5.74) is 8.24. The number of pyridine rings is 1. The van der Waals surface area contributed by atoms with Crippen molar-refractivity contribution in [1.82, 2.24) is 14.8 Å². The van der Waals surface area contributed by atoms with Crippen molar-refractivity contribution in [2.24, 2.45) is 5.73 Å². The Morgan fingerprint density at radius 2 is 1.83 bits per heavy atom. The van der Waals surface area contributed by atoms with Gasteiger partial charge in [-0.05, 0) is 63.4 Å². The van der Waals surface area contributed by atoms with Gasteiger partial charge in [-0.15, -0.1) is 0 Å². The van der Waals surface area contributed by atoms with Crippen LogP contribution in [0.5, 0.6) is 0 Å². The first-order valence-corrected chi connectivity index (χ1v) is 11.6. The Hall–Kier alpha value is -3.85. The van der Waals surface area contributed by atoms with E-state index in [1.165, 1.54) is 24.3 Å². The third-order valence-corrected chi connectivity index (χ3v) is 6.38. The molecule has 2 aromatic heterocycles. The number of nitrogens with zero attached hydrogens (tertiary/aromatic N) is 3. The van der Waals surface area contributed by atoms with Crippen molar-refractivity contribution >= 4 is 40.0 Å². The van der Waals surface area contributed by atoms with Gasteiger partial charge in [-0.25, -0.2) is 13.8 Å². The highest BCUT2D eigenvalue weighted by molar-refractivity contribution is 6.31. The fraction of sp³-hybridized carbons (Fsp3) is 0.231. The lowest BCUT2D eigenvalue weighted by Gasteiger charge is -2.15. The first-order valence-electron chi connectivity index (χ1n) is 11.3. The van der Waals surface area contributed by atoms with E-state index in [2.05, 4.69) is 15.4 Å². The zero-order valence-electron chi connectivity index (χ0n) is 19.9. The number of fused-ring (bicyclic) bond motifs is 1. The molecule has 0 saturated heterocycles. The van der Waals surface area contributed by atoms with Crippen molar-refractivity contribution in [2.45, 2.75) is 39.7 Å². The van der Waals surface area contributed by atoms with Crippen molar-refractivity contribution in [2.75, 3.05) is 5.32 Å². The molecule has 0 saturated carbocycles. The second-order valence-electron chi connectivity index (χ2n) is 8.66. The molecule has 2 heterocycles. The molecule has 1 unspecified atom stereocenters. The number of hydrogen-bond acceptors (Lipinski definition) is 4. The van der Waals surface area contributed by atoms with Crippen molar-refractivity contribution < 1.29 is 18.4 Å². The summed E-state index contributed by atoms with van der Waals surface area (Å²) in [7, 11) is 0. The van der Waals surface area contributed by atoms with Crippen LogP contribution in [0.25, 0.3) is 10.9 Å². The molecule has 186 valence electrons. The van der Waals surface area contributed by atoms with Crippen LogP contribution in [0.15, 0.2) is 42.5 Å². The van der Waals surface area contributed by atoms with Gasteiger partial charge in [0.15, 0.2) is 0 Å². The number of amides is 2. The van der Waals surface area contributed by atoms with Crippen LogP contribution in [0, 0.1) is 25.5 Å². The van der Waals surface area contributed by atoms with Crippen LogP contribution in [-0.4, -0.2) is 26.6 Å². The van der Waals surface area contributed by atoms with E-state index in [0.29, 0.717) is 11.4 Å². The first kappa shape index (κ1) is 25.2. The third kappa shape index (κ3) is 5.06. The molecular weight excluding hydrogens is 488 g/mol. The predicted molar refractivity (Wildman–Crippen MR) is 134 cm³/mol. The maximum atomic E-state index is 14.0. The predicted octanol–water partition coefficient (Wildman–Crippen LogP) is 5.52. The van der Waals surface area contributed by atoms with Gasteiger partial charge in [-0.2, -0.15) is 5.10 Å². The van der Waals surface area contributed by atoms with E-state index in [4.69, 9.17) is 17.3 Å². The minimum atomic E-state index is -0.850. The molecule has 4 aromatic rings. The lowest BCUT2D eigenvalue weighted by Crippen LogP contribution is -2.18. The fourth-order valence-corrected chi connectivity index (χ4v) is 4.30. The smallest absolute Gasteiger partial charge is 0.267 e. The van der Waals surface area contributed by atoms with Gasteiger partial charge < -0.3 is 11.1 Å². The van der Waals surface area contributed by atoms with Gasteiger partial charge in [0.1, 0.15) is 17.3 Å². The van der Waals surface area contributed by atoms with Crippen molar-refractivity contribution in [3.8, 4) is 0 Å². The number of nitrogens with two attached hydrogens (primary N) is 1. The normalized spacial score (nSPS) is 12.1. The fourth-order valence-electron chi connectivity index (χ4n) is 4.14. The highest BCUT2D eigenvalue weighted by Gasteiger charge is 2.21. The number of primary amides is 1. The van der Waals surface area contributed by atoms with Crippen LogP contribution >= 0.6 is 11.6 Å². The Morgan fingerprint density at radius 1 is 1.14 bits per heavy atom. The van der Waals surface area contributed by atoms with Crippen LogP contribution in [0.2, 0.25) is 5.02 Å². The molecular formula is C26H24ClF2N5O2. The number of hydrogen-bond donors (Lipinski definition) is 2. The highest BCUT2D eigenvalue weighted by Crippen LogP contribution is 2.29. The molecule has 7 nitrogen and oxygen atoms in total. The molecule has 0 aliphatic rings. The Labute approximate surface area is 211 Å². The minimum absolute atomic E-state index is 0.00408. The largest absolute Gasteiger partial charge is 0.364 e. The maximum absolute atomic E-state index is 14.0. The van der Waals surface area contributed by atoms with Crippen molar-refractivity contribution in [3.05, 3.63) is 87.3 Å². The van der Waals surface area contributed by atoms with Gasteiger partial charge in [0.2, 0.25) is 0 Å². The van der Waals surface area contributed by atoms with Gasteiger partial charge in [-0.3, -0.25) is 14.3 Å². The van der Waals surface area contributed by atoms with E-state index >= 15 is 0 Å². The summed E-state index contributed by atoms with van der Waals surface area (Å²) in [6.07, 6.45) is 1.49. The van der Waals surface area contributed by atoms with E-state index in [1.54, 1.807) is 19.1 Å². The molecule has 1 atom stereocenters. The summed E-state index contributed by atoms with van der Waals surface area (Å²) < 4.78 is 29.0. The zero-order valence-corrected chi connectivity index (χ0v) is 20.7. The third-order valence-electron chi connectivity index (χ3n) is 6.09.